The number of aromatic nitrogens is 3. The lowest BCUT2D eigenvalue weighted by atomic mass is 10.0. The van der Waals surface area contributed by atoms with Gasteiger partial charge in [0, 0.05) is 7.05 Å². The topological polar surface area (TPSA) is 52.0 Å². The van der Waals surface area contributed by atoms with Crippen molar-refractivity contribution in [2.75, 3.05) is 6.54 Å². The van der Waals surface area contributed by atoms with E-state index in [4.69, 9.17) is 0 Å². The van der Waals surface area contributed by atoms with Gasteiger partial charge >= 0.3 is 6.61 Å². The van der Waals surface area contributed by atoms with E-state index in [0.29, 0.717) is 4.60 Å². The number of hydrogen-bond acceptors (Lipinski definition) is 4. The van der Waals surface area contributed by atoms with Gasteiger partial charge in [-0.1, -0.05) is 24.3 Å². The summed E-state index contributed by atoms with van der Waals surface area (Å²) in [4.78, 5) is 0. The van der Waals surface area contributed by atoms with E-state index in [1.54, 1.807) is 23.9 Å². The van der Waals surface area contributed by atoms with Crippen molar-refractivity contribution in [3.05, 3.63) is 40.1 Å². The molecule has 1 unspecified atom stereocenters. The molecule has 0 amide bonds. The van der Waals surface area contributed by atoms with Crippen molar-refractivity contribution in [1.29, 1.82) is 0 Å². The zero-order valence-corrected chi connectivity index (χ0v) is 13.1. The Balaban J connectivity index is 2.30. The summed E-state index contributed by atoms with van der Waals surface area (Å²) in [6, 6.07) is 6.37. The highest BCUT2D eigenvalue weighted by Gasteiger charge is 2.21. The minimum absolute atomic E-state index is 0.131. The zero-order valence-electron chi connectivity index (χ0n) is 11.6. The Morgan fingerprint density at radius 2 is 2.00 bits per heavy atom. The standard InChI is InChI=1S/C13H15BrF2N4O/c1-3-17-10(11-12(14)18-19-20(11)2)8-4-6-9(7-5-8)21-13(15)16/h4-7,10,13,17H,3H2,1-2H3. The molecule has 1 atom stereocenters. The molecule has 2 rings (SSSR count). The number of alkyl halides is 2. The summed E-state index contributed by atoms with van der Waals surface area (Å²) >= 11 is 3.37. The second-order valence-corrected chi connectivity index (χ2v) is 5.08. The van der Waals surface area contributed by atoms with Crippen LogP contribution in [0.15, 0.2) is 28.9 Å². The Bertz CT molecular complexity index is 569. The van der Waals surface area contributed by atoms with E-state index in [-0.39, 0.29) is 11.8 Å². The van der Waals surface area contributed by atoms with Crippen LogP contribution < -0.4 is 10.1 Å². The minimum atomic E-state index is -2.82. The summed E-state index contributed by atoms with van der Waals surface area (Å²) in [5.41, 5.74) is 1.77. The van der Waals surface area contributed by atoms with Gasteiger partial charge in [-0.25, -0.2) is 4.68 Å². The maximum Gasteiger partial charge on any atom is 0.387 e. The Labute approximate surface area is 129 Å². The predicted molar refractivity (Wildman–Crippen MR) is 77.3 cm³/mol. The molecule has 1 heterocycles. The van der Waals surface area contributed by atoms with Gasteiger partial charge in [0.05, 0.1) is 11.7 Å². The van der Waals surface area contributed by atoms with Crippen molar-refractivity contribution in [3.63, 3.8) is 0 Å². The average Bonchev–Trinajstić information content (AvgIpc) is 2.76. The third-order valence-corrected chi connectivity index (χ3v) is 3.51. The van der Waals surface area contributed by atoms with E-state index in [0.717, 1.165) is 17.8 Å². The molecule has 0 radical (unpaired) electrons. The fourth-order valence-electron chi connectivity index (χ4n) is 2.06. The third kappa shape index (κ3) is 3.76. The molecule has 1 aromatic heterocycles. The third-order valence-electron chi connectivity index (χ3n) is 2.95. The molecule has 0 aliphatic rings. The van der Waals surface area contributed by atoms with Gasteiger partial charge in [-0.15, -0.1) is 5.10 Å². The predicted octanol–water partition coefficient (Wildman–Crippen LogP) is 2.88. The first-order valence-corrected chi connectivity index (χ1v) is 7.15. The van der Waals surface area contributed by atoms with E-state index in [1.165, 1.54) is 12.1 Å². The molecule has 21 heavy (non-hydrogen) atoms. The van der Waals surface area contributed by atoms with Gasteiger partial charge in [-0.2, -0.15) is 8.78 Å². The van der Waals surface area contributed by atoms with Crippen LogP contribution in [0.1, 0.15) is 24.2 Å². The lowest BCUT2D eigenvalue weighted by Crippen LogP contribution is -2.24. The maximum absolute atomic E-state index is 12.2. The average molecular weight is 361 g/mol. The van der Waals surface area contributed by atoms with Crippen LogP contribution in [0.3, 0.4) is 0 Å². The second kappa shape index (κ2) is 6.95. The van der Waals surface area contributed by atoms with E-state index in [1.807, 2.05) is 6.92 Å². The molecular weight excluding hydrogens is 346 g/mol. The van der Waals surface area contributed by atoms with Gasteiger partial charge in [-0.05, 0) is 40.2 Å². The number of benzene rings is 1. The molecule has 0 saturated carbocycles. The Hall–Kier alpha value is -1.54. The van der Waals surface area contributed by atoms with Crippen LogP contribution in [0.5, 0.6) is 5.75 Å². The summed E-state index contributed by atoms with van der Waals surface area (Å²) < 4.78 is 31.0. The van der Waals surface area contributed by atoms with E-state index in [2.05, 4.69) is 36.3 Å². The van der Waals surface area contributed by atoms with E-state index >= 15 is 0 Å². The molecule has 0 fully saturated rings. The second-order valence-electron chi connectivity index (χ2n) is 4.33. The molecule has 2 aromatic rings. The Morgan fingerprint density at radius 3 is 2.48 bits per heavy atom. The number of aryl methyl sites for hydroxylation is 1. The van der Waals surface area contributed by atoms with Gasteiger partial charge in [0.25, 0.3) is 0 Å². The van der Waals surface area contributed by atoms with Gasteiger partial charge in [0.1, 0.15) is 5.75 Å². The molecule has 5 nitrogen and oxygen atoms in total. The van der Waals surface area contributed by atoms with Crippen molar-refractivity contribution in [3.8, 4) is 5.75 Å². The van der Waals surface area contributed by atoms with Gasteiger partial charge in [-0.3, -0.25) is 0 Å². The summed E-state index contributed by atoms with van der Waals surface area (Å²) in [5, 5.41) is 11.2. The van der Waals surface area contributed by atoms with Gasteiger partial charge < -0.3 is 10.1 Å². The van der Waals surface area contributed by atoms with Crippen molar-refractivity contribution in [2.45, 2.75) is 19.6 Å². The van der Waals surface area contributed by atoms with Crippen LogP contribution in [0.2, 0.25) is 0 Å². The zero-order chi connectivity index (χ0) is 15.4. The molecule has 8 heteroatoms. The normalized spacial score (nSPS) is 12.7. The molecule has 0 spiro atoms. The lowest BCUT2D eigenvalue weighted by molar-refractivity contribution is -0.0498. The van der Waals surface area contributed by atoms with Gasteiger partial charge in [0.2, 0.25) is 0 Å². The number of nitrogens with zero attached hydrogens (tertiary/aromatic N) is 3. The molecule has 1 N–H and O–H groups in total. The first-order valence-electron chi connectivity index (χ1n) is 6.36. The Morgan fingerprint density at radius 1 is 1.33 bits per heavy atom. The van der Waals surface area contributed by atoms with E-state index < -0.39 is 6.61 Å². The SMILES string of the molecule is CCNC(c1ccc(OC(F)F)cc1)c1c(Br)nnn1C. The first kappa shape index (κ1) is 15.8. The number of rotatable bonds is 6. The van der Waals surface area contributed by atoms with Crippen molar-refractivity contribution in [1.82, 2.24) is 20.3 Å². The lowest BCUT2D eigenvalue weighted by Gasteiger charge is -2.19. The fourth-order valence-corrected chi connectivity index (χ4v) is 2.62. The van der Waals surface area contributed by atoms with Crippen LogP contribution in [-0.4, -0.2) is 28.2 Å². The molecule has 0 bridgehead atoms. The monoisotopic (exact) mass is 360 g/mol. The summed E-state index contributed by atoms with van der Waals surface area (Å²) in [7, 11) is 1.80. The number of ether oxygens (including phenoxy) is 1. The molecular formula is C13H15BrF2N4O. The van der Waals surface area contributed by atoms with Crippen molar-refractivity contribution < 1.29 is 13.5 Å². The smallest absolute Gasteiger partial charge is 0.387 e. The maximum atomic E-state index is 12.2. The highest BCUT2D eigenvalue weighted by atomic mass is 79.9. The van der Waals surface area contributed by atoms with Crippen LogP contribution in [0, 0.1) is 0 Å². The van der Waals surface area contributed by atoms with Crippen LogP contribution in [0.25, 0.3) is 0 Å². The first-order chi connectivity index (χ1) is 10.0. The molecule has 0 aliphatic heterocycles. The van der Waals surface area contributed by atoms with Crippen molar-refractivity contribution in [2.24, 2.45) is 7.05 Å². The fraction of sp³-hybridized carbons (Fsp3) is 0.385. The Kier molecular flexibility index (Phi) is 5.24. The summed E-state index contributed by atoms with van der Waals surface area (Å²) in [5.74, 6) is 0.131. The summed E-state index contributed by atoms with van der Waals surface area (Å²) in [6.07, 6.45) is 0. The van der Waals surface area contributed by atoms with Crippen LogP contribution >= 0.6 is 15.9 Å². The highest BCUT2D eigenvalue weighted by molar-refractivity contribution is 9.10. The molecule has 0 aliphatic carbocycles. The van der Waals surface area contributed by atoms with Crippen LogP contribution in [-0.2, 0) is 7.05 Å². The molecule has 114 valence electrons. The van der Waals surface area contributed by atoms with Crippen molar-refractivity contribution >= 4 is 15.9 Å². The molecule has 1 aromatic carbocycles. The highest BCUT2D eigenvalue weighted by Crippen LogP contribution is 2.28. The number of hydrogen-bond donors (Lipinski definition) is 1. The number of halogens is 3. The molecule has 0 saturated heterocycles. The van der Waals surface area contributed by atoms with Crippen LogP contribution in [0.4, 0.5) is 8.78 Å². The number of nitrogens with one attached hydrogen (secondary N) is 1. The van der Waals surface area contributed by atoms with Gasteiger partial charge in [0.15, 0.2) is 4.60 Å². The van der Waals surface area contributed by atoms with E-state index in [9.17, 15) is 8.78 Å². The quantitative estimate of drug-likeness (QED) is 0.860. The summed E-state index contributed by atoms with van der Waals surface area (Å²) in [6.45, 7) is -0.105. The minimum Gasteiger partial charge on any atom is -0.435 e. The largest absolute Gasteiger partial charge is 0.435 e.